The lowest BCUT2D eigenvalue weighted by Crippen LogP contribution is -2.39. The van der Waals surface area contributed by atoms with Gasteiger partial charge in [0.25, 0.3) is 0 Å². The monoisotopic (exact) mass is 294 g/mol. The van der Waals surface area contributed by atoms with Crippen LogP contribution in [0, 0.1) is 6.92 Å². The summed E-state index contributed by atoms with van der Waals surface area (Å²) in [6.07, 6.45) is 0.438. The Kier molecular flexibility index (Phi) is 5.03. The highest BCUT2D eigenvalue weighted by molar-refractivity contribution is 7.99. The first-order valence-corrected chi connectivity index (χ1v) is 7.66. The molecule has 1 saturated heterocycles. The number of carbonyl (C=O) groups is 2. The summed E-state index contributed by atoms with van der Waals surface area (Å²) in [5.74, 6) is 1.03. The molecule has 5 nitrogen and oxygen atoms in total. The predicted molar refractivity (Wildman–Crippen MR) is 80.5 cm³/mol. The van der Waals surface area contributed by atoms with Crippen LogP contribution < -0.4 is 10.6 Å². The summed E-state index contributed by atoms with van der Waals surface area (Å²) in [6.45, 7) is 2.73. The summed E-state index contributed by atoms with van der Waals surface area (Å²) in [5.41, 5.74) is 1.65. The Morgan fingerprint density at radius 2 is 2.30 bits per heavy atom. The molecule has 1 amide bonds. The maximum atomic E-state index is 12.0. The van der Waals surface area contributed by atoms with Gasteiger partial charge in [0.05, 0.1) is 5.56 Å². The fourth-order valence-corrected chi connectivity index (χ4v) is 3.06. The van der Waals surface area contributed by atoms with E-state index in [4.69, 9.17) is 5.11 Å². The number of carboxylic acid groups (broad SMARTS) is 1. The molecule has 1 fully saturated rings. The number of anilines is 1. The minimum atomic E-state index is -0.964. The van der Waals surface area contributed by atoms with Crippen LogP contribution in [0.2, 0.25) is 0 Å². The van der Waals surface area contributed by atoms with Crippen molar-refractivity contribution in [1.29, 1.82) is 0 Å². The highest BCUT2D eigenvalue weighted by Gasteiger charge is 2.17. The van der Waals surface area contributed by atoms with Gasteiger partial charge < -0.3 is 15.7 Å². The van der Waals surface area contributed by atoms with E-state index in [1.807, 2.05) is 11.8 Å². The van der Waals surface area contributed by atoms with Crippen LogP contribution in [-0.4, -0.2) is 41.1 Å². The van der Waals surface area contributed by atoms with Gasteiger partial charge in [-0.05, 0) is 30.7 Å². The maximum Gasteiger partial charge on any atom is 0.335 e. The van der Waals surface area contributed by atoms with Gasteiger partial charge in [0.15, 0.2) is 0 Å². The zero-order valence-corrected chi connectivity index (χ0v) is 12.1. The summed E-state index contributed by atoms with van der Waals surface area (Å²) in [5, 5.41) is 15.1. The van der Waals surface area contributed by atoms with Crippen LogP contribution in [0.25, 0.3) is 0 Å². The molecule has 1 aliphatic rings. The third-order valence-corrected chi connectivity index (χ3v) is 4.31. The molecule has 20 heavy (non-hydrogen) atoms. The van der Waals surface area contributed by atoms with Crippen molar-refractivity contribution in [3.8, 4) is 0 Å². The van der Waals surface area contributed by atoms with Gasteiger partial charge in [-0.2, -0.15) is 11.8 Å². The summed E-state index contributed by atoms with van der Waals surface area (Å²) in [7, 11) is 0. The van der Waals surface area contributed by atoms with Gasteiger partial charge in [0.1, 0.15) is 0 Å². The lowest BCUT2D eigenvalue weighted by atomic mass is 10.1. The number of rotatable bonds is 4. The number of carboxylic acids is 1. The van der Waals surface area contributed by atoms with Gasteiger partial charge in [-0.15, -0.1) is 0 Å². The van der Waals surface area contributed by atoms with E-state index < -0.39 is 5.97 Å². The van der Waals surface area contributed by atoms with Crippen LogP contribution in [0.4, 0.5) is 5.69 Å². The first kappa shape index (κ1) is 14.9. The topological polar surface area (TPSA) is 78.4 Å². The Labute approximate surface area is 122 Å². The molecule has 0 radical (unpaired) electrons. The molecule has 0 saturated carbocycles. The highest BCUT2D eigenvalue weighted by atomic mass is 32.2. The number of hydrogen-bond acceptors (Lipinski definition) is 4. The van der Waals surface area contributed by atoms with Gasteiger partial charge in [-0.3, -0.25) is 4.79 Å². The SMILES string of the molecule is Cc1cc(C(=O)O)ccc1NC(=O)CC1CSCCN1. The van der Waals surface area contributed by atoms with E-state index in [0.29, 0.717) is 12.1 Å². The van der Waals surface area contributed by atoms with Crippen LogP contribution >= 0.6 is 11.8 Å². The number of carbonyl (C=O) groups excluding carboxylic acids is 1. The van der Waals surface area contributed by atoms with Crippen molar-refractivity contribution in [3.05, 3.63) is 29.3 Å². The summed E-state index contributed by atoms with van der Waals surface area (Å²) in [6, 6.07) is 4.92. The van der Waals surface area contributed by atoms with Crippen molar-refractivity contribution < 1.29 is 14.7 Å². The van der Waals surface area contributed by atoms with Crippen molar-refractivity contribution in [3.63, 3.8) is 0 Å². The lowest BCUT2D eigenvalue weighted by molar-refractivity contribution is -0.116. The molecule has 1 aromatic rings. The largest absolute Gasteiger partial charge is 0.478 e. The second-order valence-electron chi connectivity index (χ2n) is 4.81. The Bertz CT molecular complexity index is 513. The molecule has 2 rings (SSSR count). The van der Waals surface area contributed by atoms with E-state index in [1.165, 1.54) is 6.07 Å². The van der Waals surface area contributed by atoms with Crippen LogP contribution in [0.3, 0.4) is 0 Å². The number of hydrogen-bond donors (Lipinski definition) is 3. The Morgan fingerprint density at radius 3 is 2.90 bits per heavy atom. The molecule has 108 valence electrons. The van der Waals surface area contributed by atoms with Crippen molar-refractivity contribution >= 4 is 29.3 Å². The normalized spacial score (nSPS) is 18.6. The number of aromatic carboxylic acids is 1. The van der Waals surface area contributed by atoms with E-state index in [0.717, 1.165) is 23.6 Å². The predicted octanol–water partition coefficient (Wildman–Crippen LogP) is 1.73. The molecule has 1 unspecified atom stereocenters. The molecule has 1 atom stereocenters. The number of benzene rings is 1. The van der Waals surface area contributed by atoms with E-state index in [2.05, 4.69) is 10.6 Å². The quantitative estimate of drug-likeness (QED) is 0.788. The number of aryl methyl sites for hydroxylation is 1. The molecule has 1 heterocycles. The maximum absolute atomic E-state index is 12.0. The number of nitrogens with one attached hydrogen (secondary N) is 2. The summed E-state index contributed by atoms with van der Waals surface area (Å²) >= 11 is 1.85. The third kappa shape index (κ3) is 3.98. The van der Waals surface area contributed by atoms with Gasteiger partial charge in [-0.25, -0.2) is 4.79 Å². The second kappa shape index (κ2) is 6.76. The van der Waals surface area contributed by atoms with Crippen molar-refractivity contribution in [2.24, 2.45) is 0 Å². The van der Waals surface area contributed by atoms with Crippen LogP contribution in [0.5, 0.6) is 0 Å². The smallest absolute Gasteiger partial charge is 0.335 e. The van der Waals surface area contributed by atoms with Crippen LogP contribution in [-0.2, 0) is 4.79 Å². The average Bonchev–Trinajstić information content (AvgIpc) is 2.42. The Hall–Kier alpha value is -1.53. The van der Waals surface area contributed by atoms with Crippen molar-refractivity contribution in [2.75, 3.05) is 23.4 Å². The summed E-state index contributed by atoms with van der Waals surface area (Å²) < 4.78 is 0. The Balaban J connectivity index is 1.95. The van der Waals surface area contributed by atoms with E-state index >= 15 is 0 Å². The van der Waals surface area contributed by atoms with Gasteiger partial charge in [0.2, 0.25) is 5.91 Å². The zero-order valence-electron chi connectivity index (χ0n) is 11.3. The van der Waals surface area contributed by atoms with Gasteiger partial charge in [0, 0.05) is 36.2 Å². The molecule has 0 bridgehead atoms. The molecule has 1 aromatic carbocycles. The first-order valence-electron chi connectivity index (χ1n) is 6.51. The second-order valence-corrected chi connectivity index (χ2v) is 5.96. The average molecular weight is 294 g/mol. The van der Waals surface area contributed by atoms with E-state index in [9.17, 15) is 9.59 Å². The van der Waals surface area contributed by atoms with E-state index in [-0.39, 0.29) is 17.5 Å². The van der Waals surface area contributed by atoms with Crippen molar-refractivity contribution in [1.82, 2.24) is 5.32 Å². The van der Waals surface area contributed by atoms with Crippen LogP contribution in [0.15, 0.2) is 18.2 Å². The minimum absolute atomic E-state index is 0.0452. The molecular weight excluding hydrogens is 276 g/mol. The minimum Gasteiger partial charge on any atom is -0.478 e. The molecule has 0 aromatic heterocycles. The lowest BCUT2D eigenvalue weighted by Gasteiger charge is -2.22. The molecule has 3 N–H and O–H groups in total. The highest BCUT2D eigenvalue weighted by Crippen LogP contribution is 2.18. The third-order valence-electron chi connectivity index (χ3n) is 3.18. The van der Waals surface area contributed by atoms with Crippen LogP contribution in [0.1, 0.15) is 22.3 Å². The molecule has 0 aliphatic carbocycles. The number of thioether (sulfide) groups is 1. The Morgan fingerprint density at radius 1 is 1.50 bits per heavy atom. The van der Waals surface area contributed by atoms with Gasteiger partial charge >= 0.3 is 5.97 Å². The molecule has 1 aliphatic heterocycles. The molecule has 6 heteroatoms. The van der Waals surface area contributed by atoms with Crippen molar-refractivity contribution in [2.45, 2.75) is 19.4 Å². The molecular formula is C14H18N2O3S. The first-order chi connectivity index (χ1) is 9.56. The standard InChI is InChI=1S/C14H18N2O3S/c1-9-6-10(14(18)19)2-3-12(9)16-13(17)7-11-8-20-5-4-15-11/h2-3,6,11,15H,4-5,7-8H2,1H3,(H,16,17)(H,18,19). The van der Waals surface area contributed by atoms with E-state index in [1.54, 1.807) is 19.1 Å². The summed E-state index contributed by atoms with van der Waals surface area (Å²) in [4.78, 5) is 22.8. The zero-order chi connectivity index (χ0) is 14.5. The number of amides is 1. The van der Waals surface area contributed by atoms with Gasteiger partial charge in [-0.1, -0.05) is 0 Å². The molecule has 0 spiro atoms. The fourth-order valence-electron chi connectivity index (χ4n) is 2.11. The fraction of sp³-hybridized carbons (Fsp3) is 0.429.